The van der Waals surface area contributed by atoms with Crippen LogP contribution in [0.4, 0.5) is 8.78 Å². The zero-order valence-electron chi connectivity index (χ0n) is 12.2. The Morgan fingerprint density at radius 2 is 2.23 bits per heavy atom. The lowest BCUT2D eigenvalue weighted by Crippen LogP contribution is -2.37. The van der Waals surface area contributed by atoms with Gasteiger partial charge in [-0.05, 0) is 31.9 Å². The Balaban J connectivity index is 1.98. The van der Waals surface area contributed by atoms with Crippen molar-refractivity contribution in [1.29, 1.82) is 5.26 Å². The number of carbonyl (C=O) groups is 1. The van der Waals surface area contributed by atoms with Crippen LogP contribution < -0.4 is 4.74 Å². The smallest absolute Gasteiger partial charge is 0.317 e. The van der Waals surface area contributed by atoms with E-state index in [0.717, 1.165) is 6.07 Å². The molecule has 1 aliphatic rings. The van der Waals surface area contributed by atoms with Crippen molar-refractivity contribution in [2.45, 2.75) is 38.5 Å². The van der Waals surface area contributed by atoms with Gasteiger partial charge in [-0.25, -0.2) is 8.78 Å². The van der Waals surface area contributed by atoms with Gasteiger partial charge in [-0.2, -0.15) is 5.26 Å². The van der Waals surface area contributed by atoms with Crippen molar-refractivity contribution in [2.24, 2.45) is 5.92 Å². The average Bonchev–Trinajstić information content (AvgIpc) is 2.47. The molecule has 118 valence electrons. The molecule has 22 heavy (non-hydrogen) atoms. The summed E-state index contributed by atoms with van der Waals surface area (Å²) in [5.41, 5.74) is -0.139. The molecule has 0 heterocycles. The molecule has 0 spiro atoms. The molecule has 2 rings (SSSR count). The number of benzene rings is 1. The van der Waals surface area contributed by atoms with Gasteiger partial charge in [0.15, 0.2) is 0 Å². The Bertz CT molecular complexity index is 585. The molecule has 0 N–H and O–H groups in total. The van der Waals surface area contributed by atoms with E-state index in [2.05, 4.69) is 0 Å². The summed E-state index contributed by atoms with van der Waals surface area (Å²) in [4.78, 5) is 12.0. The van der Waals surface area contributed by atoms with Gasteiger partial charge in [0, 0.05) is 19.1 Å². The fourth-order valence-corrected chi connectivity index (χ4v) is 2.57. The summed E-state index contributed by atoms with van der Waals surface area (Å²) in [5.74, 6) is -2.38. The molecule has 0 radical (unpaired) electrons. The van der Waals surface area contributed by atoms with E-state index in [1.54, 1.807) is 6.07 Å². The summed E-state index contributed by atoms with van der Waals surface area (Å²) in [6.07, 6.45) is -0.411. The second-order valence-corrected chi connectivity index (χ2v) is 5.19. The summed E-state index contributed by atoms with van der Waals surface area (Å²) >= 11 is 0. The predicted octanol–water partition coefficient (Wildman–Crippen LogP) is 3.15. The van der Waals surface area contributed by atoms with E-state index in [1.165, 1.54) is 12.1 Å². The zero-order valence-corrected chi connectivity index (χ0v) is 12.2. The SMILES string of the molecule is CCOC1CCC(C(=O)Oc2ccc(C#N)c(F)c2)C(F)C1. The Kier molecular flexibility index (Phi) is 5.45. The molecule has 0 aliphatic heterocycles. The molecule has 0 amide bonds. The van der Waals surface area contributed by atoms with Crippen molar-refractivity contribution in [3.63, 3.8) is 0 Å². The maximum Gasteiger partial charge on any atom is 0.317 e. The normalized spacial score (nSPS) is 24.5. The van der Waals surface area contributed by atoms with Crippen LogP contribution in [0.1, 0.15) is 31.7 Å². The third kappa shape index (κ3) is 3.80. The fourth-order valence-electron chi connectivity index (χ4n) is 2.57. The molecule has 6 heteroatoms. The van der Waals surface area contributed by atoms with Crippen LogP contribution in [0.15, 0.2) is 18.2 Å². The molecule has 1 fully saturated rings. The molecule has 0 aromatic heterocycles. The molecule has 3 atom stereocenters. The lowest BCUT2D eigenvalue weighted by atomic mass is 9.85. The number of rotatable bonds is 4. The highest BCUT2D eigenvalue weighted by Gasteiger charge is 2.36. The van der Waals surface area contributed by atoms with Gasteiger partial charge in [0.2, 0.25) is 0 Å². The second-order valence-electron chi connectivity index (χ2n) is 5.19. The first kappa shape index (κ1) is 16.4. The molecular formula is C16H17F2NO3. The van der Waals surface area contributed by atoms with Crippen molar-refractivity contribution in [3.8, 4) is 11.8 Å². The van der Waals surface area contributed by atoms with Gasteiger partial charge in [-0.15, -0.1) is 0 Å². The monoisotopic (exact) mass is 309 g/mol. The minimum Gasteiger partial charge on any atom is -0.426 e. The lowest BCUT2D eigenvalue weighted by molar-refractivity contribution is -0.144. The number of halogens is 2. The third-order valence-corrected chi connectivity index (χ3v) is 3.71. The second kappa shape index (κ2) is 7.32. The van der Waals surface area contributed by atoms with E-state index in [0.29, 0.717) is 19.4 Å². The van der Waals surface area contributed by atoms with E-state index in [9.17, 15) is 13.6 Å². The van der Waals surface area contributed by atoms with Crippen LogP contribution >= 0.6 is 0 Å². The molecule has 1 saturated carbocycles. The van der Waals surface area contributed by atoms with Gasteiger partial charge < -0.3 is 9.47 Å². The van der Waals surface area contributed by atoms with Crippen LogP contribution in [0.3, 0.4) is 0 Å². The zero-order chi connectivity index (χ0) is 16.1. The number of alkyl halides is 1. The summed E-state index contributed by atoms with van der Waals surface area (Å²) < 4.78 is 37.9. The quantitative estimate of drug-likeness (QED) is 0.633. The van der Waals surface area contributed by atoms with Gasteiger partial charge in [0.25, 0.3) is 0 Å². The molecule has 1 aromatic carbocycles. The van der Waals surface area contributed by atoms with Gasteiger partial charge >= 0.3 is 5.97 Å². The summed E-state index contributed by atoms with van der Waals surface area (Å²) in [6, 6.07) is 5.16. The average molecular weight is 309 g/mol. The van der Waals surface area contributed by atoms with Crippen LogP contribution in [0, 0.1) is 23.1 Å². The first-order chi connectivity index (χ1) is 10.5. The van der Waals surface area contributed by atoms with Crippen LogP contribution in [-0.4, -0.2) is 24.9 Å². The maximum absolute atomic E-state index is 14.1. The van der Waals surface area contributed by atoms with E-state index in [4.69, 9.17) is 14.7 Å². The first-order valence-electron chi connectivity index (χ1n) is 7.22. The van der Waals surface area contributed by atoms with Crippen molar-refractivity contribution < 1.29 is 23.0 Å². The largest absolute Gasteiger partial charge is 0.426 e. The number of carbonyl (C=O) groups excluding carboxylic acids is 1. The lowest BCUT2D eigenvalue weighted by Gasteiger charge is -2.30. The van der Waals surface area contributed by atoms with E-state index >= 15 is 0 Å². The van der Waals surface area contributed by atoms with Crippen molar-refractivity contribution in [1.82, 2.24) is 0 Å². The molecule has 4 nitrogen and oxygen atoms in total. The van der Waals surface area contributed by atoms with E-state index in [1.807, 2.05) is 6.92 Å². The topological polar surface area (TPSA) is 59.3 Å². The Morgan fingerprint density at radius 3 is 2.82 bits per heavy atom. The number of nitriles is 1. The highest BCUT2D eigenvalue weighted by atomic mass is 19.1. The molecule has 1 aliphatic carbocycles. The first-order valence-corrected chi connectivity index (χ1v) is 7.22. The summed E-state index contributed by atoms with van der Waals surface area (Å²) in [6.45, 7) is 2.35. The standard InChI is InChI=1S/C16H17F2NO3/c1-2-21-11-5-6-13(15(18)7-11)16(20)22-12-4-3-10(9-19)14(17)8-12/h3-4,8,11,13,15H,2,5-7H2,1H3. The number of hydrogen-bond donors (Lipinski definition) is 0. The highest BCUT2D eigenvalue weighted by Crippen LogP contribution is 2.30. The maximum atomic E-state index is 14.1. The highest BCUT2D eigenvalue weighted by molar-refractivity contribution is 5.76. The van der Waals surface area contributed by atoms with Gasteiger partial charge in [-0.3, -0.25) is 4.79 Å². The van der Waals surface area contributed by atoms with Gasteiger partial charge in [0.05, 0.1) is 17.6 Å². The molecule has 0 saturated heterocycles. The van der Waals surface area contributed by atoms with Crippen LogP contribution in [0.5, 0.6) is 5.75 Å². The van der Waals surface area contributed by atoms with Crippen molar-refractivity contribution in [3.05, 3.63) is 29.6 Å². The molecule has 1 aromatic rings. The minimum atomic E-state index is -1.33. The number of hydrogen-bond acceptors (Lipinski definition) is 4. The summed E-state index contributed by atoms with van der Waals surface area (Å²) in [7, 11) is 0. The molecule has 0 bridgehead atoms. The number of ether oxygens (including phenoxy) is 2. The number of esters is 1. The van der Waals surface area contributed by atoms with Crippen molar-refractivity contribution in [2.75, 3.05) is 6.61 Å². The Labute approximate surface area is 127 Å². The van der Waals surface area contributed by atoms with Gasteiger partial charge in [-0.1, -0.05) is 0 Å². The van der Waals surface area contributed by atoms with Crippen molar-refractivity contribution >= 4 is 5.97 Å². The fraction of sp³-hybridized carbons (Fsp3) is 0.500. The van der Waals surface area contributed by atoms with Crippen LogP contribution in [-0.2, 0) is 9.53 Å². The molecule has 3 unspecified atom stereocenters. The summed E-state index contributed by atoms with van der Waals surface area (Å²) in [5, 5.41) is 8.64. The van der Waals surface area contributed by atoms with E-state index < -0.39 is 23.9 Å². The number of nitrogens with zero attached hydrogens (tertiary/aromatic N) is 1. The predicted molar refractivity (Wildman–Crippen MR) is 74.4 cm³/mol. The molecular weight excluding hydrogens is 292 g/mol. The van der Waals surface area contributed by atoms with Crippen LogP contribution in [0.25, 0.3) is 0 Å². The Hall–Kier alpha value is -2.00. The van der Waals surface area contributed by atoms with Crippen LogP contribution in [0.2, 0.25) is 0 Å². The van der Waals surface area contributed by atoms with Gasteiger partial charge in [0.1, 0.15) is 23.8 Å². The third-order valence-electron chi connectivity index (χ3n) is 3.71. The Morgan fingerprint density at radius 1 is 1.45 bits per heavy atom. The van der Waals surface area contributed by atoms with E-state index in [-0.39, 0.29) is 23.8 Å². The minimum absolute atomic E-state index is 0.0272.